The number of aryl methyl sites for hydroxylation is 2. The van der Waals surface area contributed by atoms with Gasteiger partial charge in [-0.2, -0.15) is 4.98 Å². The van der Waals surface area contributed by atoms with E-state index in [0.29, 0.717) is 12.6 Å². The van der Waals surface area contributed by atoms with Crippen molar-refractivity contribution in [2.75, 3.05) is 17.2 Å². The van der Waals surface area contributed by atoms with E-state index in [1.54, 1.807) is 0 Å². The van der Waals surface area contributed by atoms with Gasteiger partial charge in [0.1, 0.15) is 11.6 Å². The van der Waals surface area contributed by atoms with E-state index in [-0.39, 0.29) is 0 Å². The molecule has 0 aliphatic rings. The summed E-state index contributed by atoms with van der Waals surface area (Å²) < 4.78 is 5.66. The molecule has 0 bridgehead atoms. The normalized spacial score (nSPS) is 10.4. The number of ether oxygens (including phenoxy) is 1. The molecule has 1 heterocycles. The highest BCUT2D eigenvalue weighted by Crippen LogP contribution is 2.27. The van der Waals surface area contributed by atoms with Crippen molar-refractivity contribution in [2.24, 2.45) is 0 Å². The molecule has 3 aromatic rings. The van der Waals surface area contributed by atoms with E-state index in [2.05, 4.69) is 39.7 Å². The van der Waals surface area contributed by atoms with Crippen LogP contribution in [0.4, 0.5) is 23.1 Å². The topological polar surface area (TPSA) is 59.1 Å². The fourth-order valence-corrected chi connectivity index (χ4v) is 2.53. The molecular weight excluding hydrogens is 312 g/mol. The SMILES string of the molecule is CCOc1ccccc1Nc1cc(C)nc(Nc2cccc(C)c2)n1. The first-order valence-electron chi connectivity index (χ1n) is 8.32. The van der Waals surface area contributed by atoms with Crippen LogP contribution in [0, 0.1) is 13.8 Å². The van der Waals surface area contributed by atoms with Crippen molar-refractivity contribution < 1.29 is 4.74 Å². The molecule has 0 aliphatic carbocycles. The van der Waals surface area contributed by atoms with Crippen LogP contribution in [0.2, 0.25) is 0 Å². The molecule has 0 atom stereocenters. The predicted octanol–water partition coefficient (Wildman–Crippen LogP) is 4.98. The molecular formula is C20H22N4O. The fraction of sp³-hybridized carbons (Fsp3) is 0.200. The van der Waals surface area contributed by atoms with E-state index < -0.39 is 0 Å². The van der Waals surface area contributed by atoms with Gasteiger partial charge in [-0.15, -0.1) is 0 Å². The molecule has 0 aliphatic heterocycles. The van der Waals surface area contributed by atoms with Crippen LogP contribution in [0.1, 0.15) is 18.2 Å². The average molecular weight is 334 g/mol. The number of nitrogens with zero attached hydrogens (tertiary/aromatic N) is 2. The minimum Gasteiger partial charge on any atom is -0.492 e. The Morgan fingerprint density at radius 2 is 1.76 bits per heavy atom. The zero-order valence-corrected chi connectivity index (χ0v) is 14.7. The van der Waals surface area contributed by atoms with Crippen LogP contribution in [-0.2, 0) is 0 Å². The van der Waals surface area contributed by atoms with Crippen LogP contribution in [0.25, 0.3) is 0 Å². The number of anilines is 4. The van der Waals surface area contributed by atoms with Crippen molar-refractivity contribution in [3.8, 4) is 5.75 Å². The van der Waals surface area contributed by atoms with Gasteiger partial charge in [0.15, 0.2) is 0 Å². The highest BCUT2D eigenvalue weighted by molar-refractivity contribution is 5.65. The standard InChI is InChI=1S/C20H22N4O/c1-4-25-18-11-6-5-10-17(18)23-19-13-15(3)21-20(24-19)22-16-9-7-8-14(2)12-16/h5-13H,4H2,1-3H3,(H2,21,22,23,24). The Morgan fingerprint density at radius 3 is 2.56 bits per heavy atom. The van der Waals surface area contributed by atoms with Gasteiger partial charge in [-0.05, 0) is 50.6 Å². The number of aromatic nitrogens is 2. The zero-order chi connectivity index (χ0) is 17.6. The molecule has 0 saturated carbocycles. The van der Waals surface area contributed by atoms with E-state index in [0.717, 1.165) is 28.6 Å². The van der Waals surface area contributed by atoms with E-state index in [9.17, 15) is 0 Å². The zero-order valence-electron chi connectivity index (χ0n) is 14.7. The average Bonchev–Trinajstić information content (AvgIpc) is 2.56. The molecule has 0 radical (unpaired) electrons. The lowest BCUT2D eigenvalue weighted by molar-refractivity contribution is 0.342. The number of para-hydroxylation sites is 2. The monoisotopic (exact) mass is 334 g/mol. The Bertz CT molecular complexity index is 864. The van der Waals surface area contributed by atoms with Gasteiger partial charge in [0.05, 0.1) is 12.3 Å². The third kappa shape index (κ3) is 4.47. The fourth-order valence-electron chi connectivity index (χ4n) is 2.53. The summed E-state index contributed by atoms with van der Waals surface area (Å²) in [7, 11) is 0. The molecule has 1 aromatic heterocycles. The molecule has 3 rings (SSSR count). The lowest BCUT2D eigenvalue weighted by Gasteiger charge is -2.13. The van der Waals surface area contributed by atoms with Gasteiger partial charge < -0.3 is 15.4 Å². The minimum absolute atomic E-state index is 0.557. The van der Waals surface area contributed by atoms with Crippen LogP contribution in [0.5, 0.6) is 5.75 Å². The summed E-state index contributed by atoms with van der Waals surface area (Å²) in [5.74, 6) is 2.08. The first-order valence-corrected chi connectivity index (χ1v) is 8.32. The second kappa shape index (κ2) is 7.66. The van der Waals surface area contributed by atoms with Crippen LogP contribution in [-0.4, -0.2) is 16.6 Å². The number of nitrogens with one attached hydrogen (secondary N) is 2. The van der Waals surface area contributed by atoms with E-state index >= 15 is 0 Å². The van der Waals surface area contributed by atoms with Crippen molar-refractivity contribution in [3.63, 3.8) is 0 Å². The van der Waals surface area contributed by atoms with Crippen molar-refractivity contribution in [1.82, 2.24) is 9.97 Å². The number of hydrogen-bond donors (Lipinski definition) is 2. The predicted molar refractivity (Wildman–Crippen MR) is 102 cm³/mol. The Hall–Kier alpha value is -3.08. The third-order valence-electron chi connectivity index (χ3n) is 3.58. The van der Waals surface area contributed by atoms with Crippen molar-refractivity contribution in [1.29, 1.82) is 0 Å². The lowest BCUT2D eigenvalue weighted by atomic mass is 10.2. The number of rotatable bonds is 6. The molecule has 0 unspecified atom stereocenters. The highest BCUT2D eigenvalue weighted by atomic mass is 16.5. The van der Waals surface area contributed by atoms with Gasteiger partial charge in [0.2, 0.25) is 5.95 Å². The van der Waals surface area contributed by atoms with Gasteiger partial charge in [0, 0.05) is 17.4 Å². The Balaban J connectivity index is 1.85. The van der Waals surface area contributed by atoms with Gasteiger partial charge >= 0.3 is 0 Å². The van der Waals surface area contributed by atoms with Crippen LogP contribution in [0.15, 0.2) is 54.6 Å². The quantitative estimate of drug-likeness (QED) is 0.666. The van der Waals surface area contributed by atoms with Crippen molar-refractivity contribution in [3.05, 3.63) is 65.9 Å². The molecule has 2 aromatic carbocycles. The molecule has 0 amide bonds. The summed E-state index contributed by atoms with van der Waals surface area (Å²) in [4.78, 5) is 9.03. The smallest absolute Gasteiger partial charge is 0.229 e. The Labute approximate surface area is 148 Å². The molecule has 5 nitrogen and oxygen atoms in total. The maximum atomic E-state index is 5.66. The Morgan fingerprint density at radius 1 is 0.920 bits per heavy atom. The number of benzene rings is 2. The first-order chi connectivity index (χ1) is 12.1. The van der Waals surface area contributed by atoms with Gasteiger partial charge in [-0.25, -0.2) is 4.98 Å². The molecule has 5 heteroatoms. The van der Waals surface area contributed by atoms with Crippen LogP contribution in [0.3, 0.4) is 0 Å². The summed E-state index contributed by atoms with van der Waals surface area (Å²) in [5, 5.41) is 6.58. The second-order valence-electron chi connectivity index (χ2n) is 5.77. The summed E-state index contributed by atoms with van der Waals surface area (Å²) in [6, 6.07) is 17.8. The first kappa shape index (κ1) is 16.8. The second-order valence-corrected chi connectivity index (χ2v) is 5.77. The summed E-state index contributed by atoms with van der Waals surface area (Å²) >= 11 is 0. The van der Waals surface area contributed by atoms with E-state index in [1.165, 1.54) is 5.56 Å². The molecule has 25 heavy (non-hydrogen) atoms. The summed E-state index contributed by atoms with van der Waals surface area (Å²) in [5.41, 5.74) is 3.90. The maximum Gasteiger partial charge on any atom is 0.229 e. The van der Waals surface area contributed by atoms with Crippen molar-refractivity contribution >= 4 is 23.1 Å². The molecule has 0 fully saturated rings. The third-order valence-corrected chi connectivity index (χ3v) is 3.58. The highest BCUT2D eigenvalue weighted by Gasteiger charge is 2.07. The summed E-state index contributed by atoms with van der Waals surface area (Å²) in [6.07, 6.45) is 0. The molecule has 2 N–H and O–H groups in total. The largest absolute Gasteiger partial charge is 0.492 e. The molecule has 128 valence electrons. The van der Waals surface area contributed by atoms with Gasteiger partial charge in [-0.1, -0.05) is 24.3 Å². The lowest BCUT2D eigenvalue weighted by Crippen LogP contribution is -2.03. The van der Waals surface area contributed by atoms with Crippen LogP contribution >= 0.6 is 0 Å². The van der Waals surface area contributed by atoms with E-state index in [4.69, 9.17) is 4.74 Å². The number of hydrogen-bond acceptors (Lipinski definition) is 5. The molecule has 0 saturated heterocycles. The Kier molecular flexibility index (Phi) is 5.14. The van der Waals surface area contributed by atoms with Crippen molar-refractivity contribution in [2.45, 2.75) is 20.8 Å². The molecule has 0 spiro atoms. The summed E-state index contributed by atoms with van der Waals surface area (Å²) in [6.45, 7) is 6.58. The van der Waals surface area contributed by atoms with Gasteiger partial charge in [0.25, 0.3) is 0 Å². The van der Waals surface area contributed by atoms with Crippen LogP contribution < -0.4 is 15.4 Å². The minimum atomic E-state index is 0.557. The maximum absolute atomic E-state index is 5.66. The van der Waals surface area contributed by atoms with E-state index in [1.807, 2.05) is 56.3 Å². The van der Waals surface area contributed by atoms with Gasteiger partial charge in [-0.3, -0.25) is 0 Å².